The summed E-state index contributed by atoms with van der Waals surface area (Å²) in [6, 6.07) is 17.2. The van der Waals surface area contributed by atoms with Crippen LogP contribution in [0.25, 0.3) is 10.6 Å². The molecule has 0 atom stereocenters. The molecule has 0 bridgehead atoms. The first-order valence-corrected chi connectivity index (χ1v) is 10.3. The van der Waals surface area contributed by atoms with Crippen LogP contribution >= 0.6 is 11.3 Å². The minimum Gasteiger partial charge on any atom is -0.494 e. The number of hydrogen-bond acceptors (Lipinski definition) is 4. The molecule has 3 aromatic rings. The van der Waals surface area contributed by atoms with E-state index in [0.717, 1.165) is 45.4 Å². The Morgan fingerprint density at radius 2 is 1.86 bits per heavy atom. The summed E-state index contributed by atoms with van der Waals surface area (Å²) in [5.74, 6) is 0.813. The van der Waals surface area contributed by atoms with Crippen LogP contribution in [0.15, 0.2) is 54.6 Å². The second-order valence-corrected chi connectivity index (χ2v) is 7.51. The normalized spacial score (nSPS) is 10.5. The van der Waals surface area contributed by atoms with Crippen LogP contribution in [0.5, 0.6) is 5.75 Å². The maximum absolute atomic E-state index is 12.2. The van der Waals surface area contributed by atoms with Crippen molar-refractivity contribution in [2.45, 2.75) is 33.2 Å². The second kappa shape index (κ2) is 9.90. The first kappa shape index (κ1) is 19.9. The van der Waals surface area contributed by atoms with Gasteiger partial charge in [0.1, 0.15) is 10.8 Å². The Hall–Kier alpha value is -2.86. The van der Waals surface area contributed by atoms with E-state index >= 15 is 0 Å². The minimum atomic E-state index is -0.242. The smallest absolute Gasteiger partial charge is 0.319 e. The third-order valence-corrected chi connectivity index (χ3v) is 5.41. The van der Waals surface area contributed by atoms with Crippen molar-refractivity contribution in [3.8, 4) is 16.3 Å². The number of unbranched alkanes of at least 4 members (excludes halogenated alkanes) is 1. The number of urea groups is 1. The average molecular weight is 396 g/mol. The molecule has 0 radical (unpaired) electrons. The number of carbonyl (C=O) groups excluding carboxylic acids is 1. The molecular weight excluding hydrogens is 370 g/mol. The lowest BCUT2D eigenvalue weighted by molar-refractivity contribution is 0.252. The molecule has 6 heteroatoms. The molecule has 2 N–H and O–H groups in total. The summed E-state index contributed by atoms with van der Waals surface area (Å²) in [5, 5.41) is 6.71. The number of hydrogen-bond donors (Lipinski definition) is 2. The molecule has 146 valence electrons. The Labute approximate surface area is 169 Å². The zero-order valence-electron chi connectivity index (χ0n) is 16.2. The number of rotatable bonds is 8. The van der Waals surface area contributed by atoms with Gasteiger partial charge in [0.2, 0.25) is 0 Å². The fourth-order valence-electron chi connectivity index (χ4n) is 2.60. The van der Waals surface area contributed by atoms with E-state index in [1.54, 1.807) is 11.3 Å². The molecule has 1 heterocycles. The highest BCUT2D eigenvalue weighted by atomic mass is 32.1. The molecule has 1 aromatic heterocycles. The van der Waals surface area contributed by atoms with Crippen molar-refractivity contribution in [2.75, 3.05) is 11.9 Å². The average Bonchev–Trinajstić information content (AvgIpc) is 3.09. The predicted octanol–water partition coefficient (Wildman–Crippen LogP) is 5.62. The number of aromatic nitrogens is 1. The van der Waals surface area contributed by atoms with Crippen LogP contribution < -0.4 is 15.4 Å². The molecule has 0 unspecified atom stereocenters. The van der Waals surface area contributed by atoms with Crippen LogP contribution in [0.3, 0.4) is 0 Å². The van der Waals surface area contributed by atoms with E-state index < -0.39 is 0 Å². The van der Waals surface area contributed by atoms with Gasteiger partial charge in [-0.25, -0.2) is 9.78 Å². The number of ether oxygens (including phenoxy) is 1. The van der Waals surface area contributed by atoms with Gasteiger partial charge < -0.3 is 15.4 Å². The number of carbonyl (C=O) groups is 1. The molecular formula is C22H25N3O2S. The summed E-state index contributed by atoms with van der Waals surface area (Å²) in [6.07, 6.45) is 2.14. The summed E-state index contributed by atoms with van der Waals surface area (Å²) in [7, 11) is 0. The predicted molar refractivity (Wildman–Crippen MR) is 115 cm³/mol. The number of aryl methyl sites for hydroxylation is 1. The standard InChI is InChI=1S/C22H25N3O2S/c1-3-4-14-27-19-12-10-18(11-13-19)25-22(26)23-15-20-16(2)24-21(28-20)17-8-6-5-7-9-17/h5-13H,3-4,14-15H2,1-2H3,(H2,23,25,26). The van der Waals surface area contributed by atoms with Crippen LogP contribution in [0, 0.1) is 6.92 Å². The first-order valence-electron chi connectivity index (χ1n) is 9.45. The number of amides is 2. The van der Waals surface area contributed by atoms with Gasteiger partial charge in [0, 0.05) is 16.1 Å². The fraction of sp³-hybridized carbons (Fsp3) is 0.273. The van der Waals surface area contributed by atoms with Gasteiger partial charge in [0.25, 0.3) is 0 Å². The van der Waals surface area contributed by atoms with E-state index in [0.29, 0.717) is 13.2 Å². The molecule has 0 spiro atoms. The van der Waals surface area contributed by atoms with E-state index in [1.807, 2.05) is 61.5 Å². The fourth-order valence-corrected chi connectivity index (χ4v) is 3.61. The van der Waals surface area contributed by atoms with Gasteiger partial charge in [-0.1, -0.05) is 43.7 Å². The zero-order valence-corrected chi connectivity index (χ0v) is 17.0. The van der Waals surface area contributed by atoms with Crippen molar-refractivity contribution in [2.24, 2.45) is 0 Å². The van der Waals surface area contributed by atoms with Gasteiger partial charge in [0.15, 0.2) is 0 Å². The molecule has 2 amide bonds. The zero-order chi connectivity index (χ0) is 19.8. The Balaban J connectivity index is 1.51. The summed E-state index contributed by atoms with van der Waals surface area (Å²) in [5.41, 5.74) is 2.76. The molecule has 5 nitrogen and oxygen atoms in total. The Bertz CT molecular complexity index is 892. The molecule has 0 aliphatic carbocycles. The van der Waals surface area contributed by atoms with Gasteiger partial charge in [-0.15, -0.1) is 11.3 Å². The van der Waals surface area contributed by atoms with Gasteiger partial charge in [0.05, 0.1) is 18.8 Å². The van der Waals surface area contributed by atoms with E-state index in [4.69, 9.17) is 4.74 Å². The van der Waals surface area contributed by atoms with Crippen LogP contribution in [0.4, 0.5) is 10.5 Å². The van der Waals surface area contributed by atoms with E-state index in [1.165, 1.54) is 0 Å². The van der Waals surface area contributed by atoms with E-state index in [-0.39, 0.29) is 6.03 Å². The summed E-state index contributed by atoms with van der Waals surface area (Å²) in [6.45, 7) is 5.25. The Morgan fingerprint density at radius 1 is 1.11 bits per heavy atom. The second-order valence-electron chi connectivity index (χ2n) is 6.43. The topological polar surface area (TPSA) is 63.2 Å². The lowest BCUT2D eigenvalue weighted by atomic mass is 10.2. The number of benzene rings is 2. The molecule has 3 rings (SSSR count). The molecule has 2 aromatic carbocycles. The van der Waals surface area contributed by atoms with Crippen molar-refractivity contribution < 1.29 is 9.53 Å². The largest absolute Gasteiger partial charge is 0.494 e. The van der Waals surface area contributed by atoms with Crippen molar-refractivity contribution in [1.82, 2.24) is 10.3 Å². The summed E-state index contributed by atoms with van der Waals surface area (Å²) >= 11 is 1.60. The number of thiazole rings is 1. The van der Waals surface area contributed by atoms with Crippen LogP contribution in [0.2, 0.25) is 0 Å². The quantitative estimate of drug-likeness (QED) is 0.487. The highest BCUT2D eigenvalue weighted by molar-refractivity contribution is 7.15. The SMILES string of the molecule is CCCCOc1ccc(NC(=O)NCc2sc(-c3ccccc3)nc2C)cc1. The van der Waals surface area contributed by atoms with Crippen molar-refractivity contribution in [1.29, 1.82) is 0 Å². The van der Waals surface area contributed by atoms with E-state index in [9.17, 15) is 4.79 Å². The molecule has 0 saturated heterocycles. The summed E-state index contributed by atoms with van der Waals surface area (Å²) < 4.78 is 5.63. The lowest BCUT2D eigenvalue weighted by Gasteiger charge is -2.09. The van der Waals surface area contributed by atoms with Crippen molar-refractivity contribution in [3.05, 3.63) is 65.2 Å². The van der Waals surface area contributed by atoms with Gasteiger partial charge >= 0.3 is 6.03 Å². The highest BCUT2D eigenvalue weighted by Crippen LogP contribution is 2.27. The third-order valence-electron chi connectivity index (χ3n) is 4.20. The maximum Gasteiger partial charge on any atom is 0.319 e. The van der Waals surface area contributed by atoms with Crippen LogP contribution in [-0.4, -0.2) is 17.6 Å². The number of anilines is 1. The van der Waals surface area contributed by atoms with Gasteiger partial charge in [-0.05, 0) is 37.6 Å². The Kier molecular flexibility index (Phi) is 7.03. The van der Waals surface area contributed by atoms with Crippen LogP contribution in [0.1, 0.15) is 30.3 Å². The Morgan fingerprint density at radius 3 is 2.57 bits per heavy atom. The highest BCUT2D eigenvalue weighted by Gasteiger charge is 2.10. The molecule has 0 aliphatic rings. The van der Waals surface area contributed by atoms with Gasteiger partial charge in [-0.2, -0.15) is 0 Å². The van der Waals surface area contributed by atoms with Crippen molar-refractivity contribution >= 4 is 23.1 Å². The van der Waals surface area contributed by atoms with Gasteiger partial charge in [-0.3, -0.25) is 0 Å². The summed E-state index contributed by atoms with van der Waals surface area (Å²) in [4.78, 5) is 17.9. The van der Waals surface area contributed by atoms with Crippen molar-refractivity contribution in [3.63, 3.8) is 0 Å². The lowest BCUT2D eigenvalue weighted by Crippen LogP contribution is -2.28. The van der Waals surface area contributed by atoms with E-state index in [2.05, 4.69) is 22.5 Å². The van der Waals surface area contributed by atoms with Crippen LogP contribution in [-0.2, 0) is 6.54 Å². The third kappa shape index (κ3) is 5.57. The molecule has 28 heavy (non-hydrogen) atoms. The maximum atomic E-state index is 12.2. The first-order chi connectivity index (χ1) is 13.7. The molecule has 0 fully saturated rings. The minimum absolute atomic E-state index is 0.242. The monoisotopic (exact) mass is 395 g/mol. The number of nitrogens with zero attached hydrogens (tertiary/aromatic N) is 1. The molecule has 0 saturated carbocycles. The molecule has 0 aliphatic heterocycles. The number of nitrogens with one attached hydrogen (secondary N) is 2.